The number of piperazine rings is 2. The fourth-order valence-electron chi connectivity index (χ4n) is 4.64. The Bertz CT molecular complexity index is 1200. The van der Waals surface area contributed by atoms with Gasteiger partial charge in [0.25, 0.3) is 0 Å². The minimum absolute atomic E-state index is 0.0306. The third-order valence-electron chi connectivity index (χ3n) is 6.42. The van der Waals surface area contributed by atoms with Gasteiger partial charge in [0.05, 0.1) is 28.4 Å². The van der Waals surface area contributed by atoms with E-state index in [4.69, 9.17) is 11.5 Å². The number of nitrogens with zero attached hydrogens (tertiary/aromatic N) is 2. The van der Waals surface area contributed by atoms with Crippen molar-refractivity contribution in [2.45, 2.75) is 44.8 Å². The van der Waals surface area contributed by atoms with Crippen molar-refractivity contribution in [1.29, 1.82) is 0 Å². The minimum atomic E-state index is -1.59. The summed E-state index contributed by atoms with van der Waals surface area (Å²) in [4.78, 5) is 25.6. The van der Waals surface area contributed by atoms with E-state index >= 15 is 4.39 Å². The van der Waals surface area contributed by atoms with Gasteiger partial charge in [-0.25, -0.2) is 9.18 Å². The van der Waals surface area contributed by atoms with Gasteiger partial charge in [-0.2, -0.15) is 0 Å². The topological polar surface area (TPSA) is 108 Å². The van der Waals surface area contributed by atoms with Gasteiger partial charge in [0.1, 0.15) is 5.82 Å². The second-order valence-corrected chi connectivity index (χ2v) is 9.31. The molecule has 2 unspecified atom stereocenters. The van der Waals surface area contributed by atoms with E-state index in [0.29, 0.717) is 42.4 Å². The summed E-state index contributed by atoms with van der Waals surface area (Å²) in [6.07, 6.45) is 7.30. The first-order chi connectivity index (χ1) is 16.8. The van der Waals surface area contributed by atoms with Gasteiger partial charge in [0.2, 0.25) is 5.43 Å². The molecule has 4 N–H and O–H groups in total. The first-order valence-corrected chi connectivity index (χ1v) is 12.0. The molecule has 3 heterocycles. The van der Waals surface area contributed by atoms with Gasteiger partial charge in [0, 0.05) is 57.4 Å². The first kappa shape index (κ1) is 25.0. The number of aromatic nitrogens is 1. The normalized spacial score (nSPS) is 22.2. The highest BCUT2D eigenvalue weighted by Crippen LogP contribution is 2.40. The van der Waals surface area contributed by atoms with Crippen LogP contribution in [0.5, 0.6) is 5.75 Å². The number of halogens is 1. The summed E-state index contributed by atoms with van der Waals surface area (Å²) in [5.74, 6) is 1.64. The Morgan fingerprint density at radius 2 is 1.97 bits per heavy atom. The Kier molecular flexibility index (Phi) is 7.60. The number of hydrogen-bond donors (Lipinski definition) is 4. The van der Waals surface area contributed by atoms with Gasteiger partial charge < -0.3 is 35.3 Å². The van der Waals surface area contributed by atoms with Crippen LogP contribution in [0.3, 0.4) is 0 Å². The lowest BCUT2D eigenvalue weighted by Gasteiger charge is -2.35. The van der Waals surface area contributed by atoms with Crippen molar-refractivity contribution < 1.29 is 19.0 Å². The predicted octanol–water partition coefficient (Wildman–Crippen LogP) is 1.88. The summed E-state index contributed by atoms with van der Waals surface area (Å²) >= 11 is 0. The number of ether oxygens (including phenoxy) is 1. The fraction of sp³-hybridized carbons (Fsp3) is 0.520. The molecule has 2 atom stereocenters. The quantitative estimate of drug-likeness (QED) is 0.386. The van der Waals surface area contributed by atoms with Crippen LogP contribution in [0, 0.1) is 18.2 Å². The second-order valence-electron chi connectivity index (χ2n) is 9.31. The van der Waals surface area contributed by atoms with Crippen molar-refractivity contribution >= 4 is 22.7 Å². The molecule has 0 bridgehead atoms. The average Bonchev–Trinajstić information content (AvgIpc) is 3.66. The van der Waals surface area contributed by atoms with Crippen LogP contribution < -0.4 is 31.0 Å². The van der Waals surface area contributed by atoms with Gasteiger partial charge in [-0.05, 0) is 32.8 Å². The number of carbonyl (C=O) groups is 1. The number of carboxylic acid groups (broad SMARTS) is 1. The highest BCUT2D eigenvalue weighted by atomic mass is 19.1. The SMILES string of the molecule is C#Cc1c(N2CCNC(C)C2)c(F)cc2c(=O)c(OC(=O)O)cn(C3CC3)c12.CC1CNCCN1. The number of anilines is 1. The van der Waals surface area contributed by atoms with Gasteiger partial charge in [-0.1, -0.05) is 5.92 Å². The lowest BCUT2D eigenvalue weighted by Crippen LogP contribution is -2.49. The zero-order chi connectivity index (χ0) is 25.1. The van der Waals surface area contributed by atoms with Crippen molar-refractivity contribution in [2.24, 2.45) is 0 Å². The van der Waals surface area contributed by atoms with Crippen LogP contribution >= 0.6 is 0 Å². The van der Waals surface area contributed by atoms with E-state index in [-0.39, 0.29) is 23.2 Å². The molecule has 35 heavy (non-hydrogen) atoms. The number of nitrogens with one attached hydrogen (secondary N) is 3. The summed E-state index contributed by atoms with van der Waals surface area (Å²) in [5, 5.41) is 18.8. The number of pyridine rings is 1. The third-order valence-corrected chi connectivity index (χ3v) is 6.42. The number of rotatable bonds is 3. The molecule has 9 nitrogen and oxygen atoms in total. The van der Waals surface area contributed by atoms with Gasteiger partial charge >= 0.3 is 6.16 Å². The highest BCUT2D eigenvalue weighted by molar-refractivity contribution is 5.92. The fourth-order valence-corrected chi connectivity index (χ4v) is 4.64. The molecule has 5 rings (SSSR count). The summed E-state index contributed by atoms with van der Waals surface area (Å²) in [7, 11) is 0. The molecule has 1 aliphatic carbocycles. The molecule has 188 valence electrons. The molecule has 1 saturated carbocycles. The molecule has 0 radical (unpaired) electrons. The van der Waals surface area contributed by atoms with Crippen LogP contribution in [0.2, 0.25) is 0 Å². The Morgan fingerprint density at radius 3 is 2.51 bits per heavy atom. The van der Waals surface area contributed by atoms with E-state index in [0.717, 1.165) is 38.5 Å². The number of benzene rings is 1. The van der Waals surface area contributed by atoms with Crippen molar-refractivity contribution in [3.05, 3.63) is 33.9 Å². The number of terminal acetylenes is 1. The maximum Gasteiger partial charge on any atom is 0.511 e. The Morgan fingerprint density at radius 1 is 1.23 bits per heavy atom. The molecule has 2 saturated heterocycles. The van der Waals surface area contributed by atoms with Crippen molar-refractivity contribution in [1.82, 2.24) is 20.5 Å². The summed E-state index contributed by atoms with van der Waals surface area (Å²) in [6, 6.07) is 2.07. The molecular weight excluding hydrogens is 453 g/mol. The molecule has 3 aliphatic rings. The summed E-state index contributed by atoms with van der Waals surface area (Å²) in [6.45, 7) is 9.46. The molecule has 2 aromatic rings. The monoisotopic (exact) mass is 485 g/mol. The average molecular weight is 486 g/mol. The van der Waals surface area contributed by atoms with Crippen molar-refractivity contribution in [3.8, 4) is 18.1 Å². The van der Waals surface area contributed by atoms with Crippen molar-refractivity contribution in [3.63, 3.8) is 0 Å². The molecule has 1 aromatic heterocycles. The van der Waals surface area contributed by atoms with E-state index in [1.165, 1.54) is 6.20 Å². The lowest BCUT2D eigenvalue weighted by molar-refractivity contribution is 0.143. The largest absolute Gasteiger partial charge is 0.511 e. The molecule has 2 aliphatic heterocycles. The van der Waals surface area contributed by atoms with Gasteiger partial charge in [-0.3, -0.25) is 4.79 Å². The molecule has 3 fully saturated rings. The Balaban J connectivity index is 0.000000356. The maximum absolute atomic E-state index is 15.1. The van der Waals surface area contributed by atoms with E-state index in [1.807, 2.05) is 11.8 Å². The van der Waals surface area contributed by atoms with E-state index in [1.54, 1.807) is 4.57 Å². The van der Waals surface area contributed by atoms with E-state index < -0.39 is 17.4 Å². The van der Waals surface area contributed by atoms with Crippen LogP contribution in [0.4, 0.5) is 14.9 Å². The highest BCUT2D eigenvalue weighted by Gasteiger charge is 2.30. The van der Waals surface area contributed by atoms with Crippen LogP contribution in [0.25, 0.3) is 10.9 Å². The molecular formula is C25H32FN5O4. The third kappa shape index (κ3) is 5.59. The maximum atomic E-state index is 15.1. The Labute approximate surface area is 203 Å². The lowest BCUT2D eigenvalue weighted by atomic mass is 10.0. The number of fused-ring (bicyclic) bond motifs is 1. The van der Waals surface area contributed by atoms with Crippen LogP contribution in [0.15, 0.2) is 17.1 Å². The van der Waals surface area contributed by atoms with E-state index in [2.05, 4.69) is 33.5 Å². The molecule has 10 heteroatoms. The zero-order valence-corrected chi connectivity index (χ0v) is 20.1. The molecule has 1 aromatic carbocycles. The predicted molar refractivity (Wildman–Crippen MR) is 133 cm³/mol. The van der Waals surface area contributed by atoms with Crippen molar-refractivity contribution in [2.75, 3.05) is 44.2 Å². The van der Waals surface area contributed by atoms with Crippen LogP contribution in [0.1, 0.15) is 38.3 Å². The van der Waals surface area contributed by atoms with Gasteiger partial charge in [-0.15, -0.1) is 6.42 Å². The Hall–Kier alpha value is -3.13. The molecule has 0 spiro atoms. The van der Waals surface area contributed by atoms with Crippen LogP contribution in [-0.4, -0.2) is 67.2 Å². The smallest absolute Gasteiger partial charge is 0.449 e. The minimum Gasteiger partial charge on any atom is -0.449 e. The first-order valence-electron chi connectivity index (χ1n) is 12.0. The van der Waals surface area contributed by atoms with E-state index in [9.17, 15) is 9.59 Å². The van der Waals surface area contributed by atoms with Crippen LogP contribution in [-0.2, 0) is 0 Å². The molecule has 0 amide bonds. The summed E-state index contributed by atoms with van der Waals surface area (Å²) < 4.78 is 21.5. The summed E-state index contributed by atoms with van der Waals surface area (Å²) in [5.41, 5.74) is 0.388. The number of hydrogen-bond acceptors (Lipinski definition) is 7. The second kappa shape index (κ2) is 10.6. The van der Waals surface area contributed by atoms with Gasteiger partial charge in [0.15, 0.2) is 5.75 Å². The standard InChI is InChI=1S/C20H20FN3O4.C5H12N2/c1-3-13-17-14(8-15(21)18(13)23-7-6-22-11(2)9-23)19(25)16(28-20(26)27)10-24(17)12-4-5-12;1-5-4-6-2-3-7-5/h1,8,10-12,22H,4-7,9H2,2H3,(H,26,27);5-7H,2-4H2,1H3. The zero-order valence-electron chi connectivity index (χ0n) is 20.1.